The van der Waals surface area contributed by atoms with Gasteiger partial charge in [-0.25, -0.2) is 4.79 Å². The molecule has 2 aromatic rings. The highest BCUT2D eigenvalue weighted by Gasteiger charge is 2.26. The first-order valence-electron chi connectivity index (χ1n) is 9.18. The van der Waals surface area contributed by atoms with Crippen LogP contribution in [0, 0.1) is 5.92 Å². The van der Waals surface area contributed by atoms with E-state index in [-0.39, 0.29) is 6.03 Å². The number of likely N-dealkylation sites (tertiary alicyclic amines) is 1. The van der Waals surface area contributed by atoms with Crippen LogP contribution >= 0.6 is 0 Å². The number of carbonyl (C=O) groups is 1. The van der Waals surface area contributed by atoms with Crippen LogP contribution in [0.25, 0.3) is 5.69 Å². The number of hydrogen-bond acceptors (Lipinski definition) is 3. The zero-order valence-corrected chi connectivity index (χ0v) is 15.1. The van der Waals surface area contributed by atoms with Crippen molar-refractivity contribution in [3.63, 3.8) is 0 Å². The van der Waals surface area contributed by atoms with Gasteiger partial charge in [0, 0.05) is 18.3 Å². The highest BCUT2D eigenvalue weighted by molar-refractivity contribution is 5.89. The van der Waals surface area contributed by atoms with Crippen molar-refractivity contribution >= 4 is 11.7 Å². The van der Waals surface area contributed by atoms with E-state index in [0.717, 1.165) is 37.2 Å². The molecule has 1 aliphatic heterocycles. The second-order valence-electron chi connectivity index (χ2n) is 7.12. The largest absolute Gasteiger partial charge is 0.322 e. The molecule has 134 valence electrons. The zero-order valence-electron chi connectivity index (χ0n) is 15.1. The van der Waals surface area contributed by atoms with E-state index < -0.39 is 0 Å². The maximum Gasteiger partial charge on any atom is 0.322 e. The molecule has 3 rings (SSSR count). The standard InChI is InChI=1S/C19H27N5O/c1-15(2)14-18-6-4-3-5-13-23(18)19(25)22-16-7-9-17(10-8-16)24-20-11-12-21-24/h7-12,15,18H,3-6,13-14H2,1-2H3,(H,22,25). The van der Waals surface area contributed by atoms with Crippen LogP contribution in [0.15, 0.2) is 36.7 Å². The summed E-state index contributed by atoms with van der Waals surface area (Å²) in [6, 6.07) is 7.96. The zero-order chi connectivity index (χ0) is 17.6. The molecule has 0 bridgehead atoms. The Morgan fingerprint density at radius 2 is 1.88 bits per heavy atom. The van der Waals surface area contributed by atoms with Gasteiger partial charge in [-0.3, -0.25) is 0 Å². The Hall–Kier alpha value is -2.37. The fourth-order valence-electron chi connectivity index (χ4n) is 3.46. The van der Waals surface area contributed by atoms with E-state index in [0.29, 0.717) is 12.0 Å². The van der Waals surface area contributed by atoms with Crippen LogP contribution in [0.2, 0.25) is 0 Å². The molecule has 0 saturated carbocycles. The summed E-state index contributed by atoms with van der Waals surface area (Å²) in [7, 11) is 0. The molecule has 1 atom stereocenters. The Bertz CT molecular complexity index is 666. The molecule has 6 nitrogen and oxygen atoms in total. The normalized spacial score (nSPS) is 18.2. The van der Waals surface area contributed by atoms with Crippen molar-refractivity contribution in [2.75, 3.05) is 11.9 Å². The van der Waals surface area contributed by atoms with Crippen molar-refractivity contribution in [1.82, 2.24) is 19.9 Å². The smallest absolute Gasteiger partial charge is 0.322 e. The molecule has 1 saturated heterocycles. The van der Waals surface area contributed by atoms with Gasteiger partial charge in [-0.05, 0) is 49.4 Å². The number of carbonyl (C=O) groups excluding carboxylic acids is 1. The van der Waals surface area contributed by atoms with Crippen molar-refractivity contribution in [2.45, 2.75) is 52.0 Å². The average molecular weight is 341 g/mol. The van der Waals surface area contributed by atoms with Gasteiger partial charge in [-0.1, -0.05) is 26.7 Å². The second-order valence-corrected chi connectivity index (χ2v) is 7.12. The lowest BCUT2D eigenvalue weighted by molar-refractivity contribution is 0.178. The quantitative estimate of drug-likeness (QED) is 0.911. The number of hydrogen-bond donors (Lipinski definition) is 1. The van der Waals surface area contributed by atoms with Crippen molar-refractivity contribution < 1.29 is 4.79 Å². The fraction of sp³-hybridized carbons (Fsp3) is 0.526. The lowest BCUT2D eigenvalue weighted by Crippen LogP contribution is -2.43. The van der Waals surface area contributed by atoms with Gasteiger partial charge in [0.15, 0.2) is 0 Å². The number of anilines is 1. The maximum absolute atomic E-state index is 12.8. The van der Waals surface area contributed by atoms with E-state index >= 15 is 0 Å². The summed E-state index contributed by atoms with van der Waals surface area (Å²) >= 11 is 0. The van der Waals surface area contributed by atoms with Crippen molar-refractivity contribution in [3.8, 4) is 5.69 Å². The number of amides is 2. The number of rotatable bonds is 4. The Labute approximate surface area is 149 Å². The highest BCUT2D eigenvalue weighted by Crippen LogP contribution is 2.23. The first-order valence-corrected chi connectivity index (χ1v) is 9.18. The molecule has 0 aliphatic carbocycles. The van der Waals surface area contributed by atoms with E-state index in [4.69, 9.17) is 0 Å². The monoisotopic (exact) mass is 341 g/mol. The minimum absolute atomic E-state index is 0.0116. The van der Waals surface area contributed by atoms with Crippen molar-refractivity contribution in [3.05, 3.63) is 36.7 Å². The molecule has 0 radical (unpaired) electrons. The molecule has 25 heavy (non-hydrogen) atoms. The van der Waals surface area contributed by atoms with Crippen LogP contribution in [0.3, 0.4) is 0 Å². The summed E-state index contributed by atoms with van der Waals surface area (Å²) in [6.07, 6.45) is 8.98. The SMILES string of the molecule is CC(C)CC1CCCCCN1C(=O)Nc1ccc(-n2nccn2)cc1. The van der Waals surface area contributed by atoms with Crippen LogP contribution in [-0.2, 0) is 0 Å². The number of aromatic nitrogens is 3. The number of urea groups is 1. The van der Waals surface area contributed by atoms with E-state index in [1.54, 1.807) is 17.2 Å². The lowest BCUT2D eigenvalue weighted by atomic mass is 9.99. The molecular weight excluding hydrogens is 314 g/mol. The van der Waals surface area contributed by atoms with Crippen molar-refractivity contribution in [2.24, 2.45) is 5.92 Å². The Morgan fingerprint density at radius 1 is 1.16 bits per heavy atom. The third kappa shape index (κ3) is 4.59. The highest BCUT2D eigenvalue weighted by atomic mass is 16.2. The van der Waals surface area contributed by atoms with Crippen LogP contribution in [-0.4, -0.2) is 38.5 Å². The van der Waals surface area contributed by atoms with Crippen LogP contribution < -0.4 is 5.32 Å². The lowest BCUT2D eigenvalue weighted by Gasteiger charge is -2.31. The molecule has 1 N–H and O–H groups in total. The summed E-state index contributed by atoms with van der Waals surface area (Å²) in [4.78, 5) is 16.4. The molecule has 6 heteroatoms. The van der Waals surface area contributed by atoms with E-state index in [2.05, 4.69) is 29.4 Å². The van der Waals surface area contributed by atoms with Gasteiger partial charge >= 0.3 is 6.03 Å². The summed E-state index contributed by atoms with van der Waals surface area (Å²) in [6.45, 7) is 5.30. The van der Waals surface area contributed by atoms with E-state index in [1.165, 1.54) is 12.8 Å². The molecule has 1 unspecified atom stereocenters. The summed E-state index contributed by atoms with van der Waals surface area (Å²) in [5.41, 5.74) is 1.67. The Morgan fingerprint density at radius 3 is 2.56 bits per heavy atom. The molecule has 1 aromatic carbocycles. The summed E-state index contributed by atoms with van der Waals surface area (Å²) in [5, 5.41) is 11.3. The molecule has 1 aliphatic rings. The Balaban J connectivity index is 1.67. The van der Waals surface area contributed by atoms with Gasteiger partial charge in [-0.15, -0.1) is 0 Å². The summed E-state index contributed by atoms with van der Waals surface area (Å²) in [5.74, 6) is 0.597. The maximum atomic E-state index is 12.8. The average Bonchev–Trinajstić information content (AvgIpc) is 3.02. The first kappa shape index (κ1) is 17.5. The van der Waals surface area contributed by atoms with E-state index in [9.17, 15) is 4.79 Å². The minimum atomic E-state index is 0.0116. The van der Waals surface area contributed by atoms with Crippen LogP contribution in [0.4, 0.5) is 10.5 Å². The number of nitrogens with one attached hydrogen (secondary N) is 1. The van der Waals surface area contributed by atoms with Gasteiger partial charge in [0.05, 0.1) is 18.1 Å². The fourth-order valence-corrected chi connectivity index (χ4v) is 3.46. The van der Waals surface area contributed by atoms with Gasteiger partial charge < -0.3 is 10.2 Å². The molecule has 1 aromatic heterocycles. The molecule has 1 fully saturated rings. The van der Waals surface area contributed by atoms with Gasteiger partial charge in [0.1, 0.15) is 0 Å². The first-order chi connectivity index (χ1) is 12.1. The minimum Gasteiger partial charge on any atom is -0.322 e. The van der Waals surface area contributed by atoms with Crippen LogP contribution in [0.5, 0.6) is 0 Å². The van der Waals surface area contributed by atoms with Gasteiger partial charge in [0.2, 0.25) is 0 Å². The predicted molar refractivity (Wildman–Crippen MR) is 98.8 cm³/mol. The predicted octanol–water partition coefficient (Wildman–Crippen LogP) is 4.09. The third-order valence-electron chi connectivity index (χ3n) is 4.65. The van der Waals surface area contributed by atoms with Crippen LogP contribution in [0.1, 0.15) is 46.0 Å². The molecule has 0 spiro atoms. The second kappa shape index (κ2) is 8.14. The molecule has 2 amide bonds. The van der Waals surface area contributed by atoms with E-state index in [1.807, 2.05) is 29.2 Å². The van der Waals surface area contributed by atoms with Gasteiger partial charge in [0.25, 0.3) is 0 Å². The topological polar surface area (TPSA) is 63.1 Å². The number of benzene rings is 1. The molecular formula is C19H27N5O. The number of nitrogens with zero attached hydrogens (tertiary/aromatic N) is 4. The third-order valence-corrected chi connectivity index (χ3v) is 4.65. The Kier molecular flexibility index (Phi) is 5.68. The molecule has 2 heterocycles. The summed E-state index contributed by atoms with van der Waals surface area (Å²) < 4.78 is 0. The van der Waals surface area contributed by atoms with Gasteiger partial charge in [-0.2, -0.15) is 15.0 Å². The van der Waals surface area contributed by atoms with Crippen molar-refractivity contribution in [1.29, 1.82) is 0 Å².